The maximum atomic E-state index is 13.5. The smallest absolute Gasteiger partial charge is 0.333 e. The largest absolute Gasteiger partial charge is 0.496 e. The molecule has 1 aromatic carbocycles. The summed E-state index contributed by atoms with van der Waals surface area (Å²) in [6, 6.07) is 7.46. The van der Waals surface area contributed by atoms with E-state index in [1.54, 1.807) is 14.0 Å². The van der Waals surface area contributed by atoms with Crippen molar-refractivity contribution in [2.75, 3.05) is 20.3 Å². The van der Waals surface area contributed by atoms with Crippen LogP contribution in [0.25, 0.3) is 21.0 Å². The number of carboxylic acid groups (broad SMARTS) is 1. The minimum atomic E-state index is -1.74. The molecule has 2 N–H and O–H groups in total. The van der Waals surface area contributed by atoms with E-state index < -0.39 is 22.8 Å². The third-order valence-electron chi connectivity index (χ3n) is 6.91. The Bertz CT molecular complexity index is 1600. The fourth-order valence-electron chi connectivity index (χ4n) is 4.50. The first-order chi connectivity index (χ1) is 20.1. The molecule has 0 atom stereocenters. The molecular formula is C30H39N3O8S. The number of hydrogen-bond acceptors (Lipinski definition) is 9. The van der Waals surface area contributed by atoms with E-state index in [4.69, 9.17) is 19.0 Å². The van der Waals surface area contributed by atoms with Crippen LogP contribution in [0, 0.1) is 6.92 Å². The standard InChI is InChI=1S/C23H23N3O6S.C5H10O2.C2H6/c1-13-16-19(27)26(23(2,3)21(28)29)22(30)25(11-9-14-7-5-6-8-15(14)31-4)20(16)33-17(13)18-24-10-12-32-18;6-5-1-3-7-4-2-5;1-2/h5-8,10,12H,9,11H2,1-4H3,(H,28,29);5-6H,1-4H2;1-2H3. The van der Waals surface area contributed by atoms with Crippen molar-refractivity contribution < 1.29 is 28.9 Å². The SMILES string of the molecule is CC.COc1ccccc1CCn1c(=O)n(C(C)(C)C(=O)O)c(=O)c2c(C)c(-c3ncco3)sc21.OC1CCOCC1. The number of thiophene rings is 1. The molecule has 0 saturated carbocycles. The third kappa shape index (κ3) is 6.83. The highest BCUT2D eigenvalue weighted by Gasteiger charge is 2.35. The highest BCUT2D eigenvalue weighted by Crippen LogP contribution is 2.36. The predicted molar refractivity (Wildman–Crippen MR) is 162 cm³/mol. The summed E-state index contributed by atoms with van der Waals surface area (Å²) in [5.41, 5.74) is -1.61. The molecule has 1 saturated heterocycles. The Kier molecular flexibility index (Phi) is 11.3. The Hall–Kier alpha value is -3.74. The normalized spacial score (nSPS) is 13.6. The first-order valence-corrected chi connectivity index (χ1v) is 14.7. The molecule has 4 aromatic rings. The lowest BCUT2D eigenvalue weighted by Crippen LogP contribution is -2.52. The summed E-state index contributed by atoms with van der Waals surface area (Å²) in [5.74, 6) is -0.261. The van der Waals surface area contributed by atoms with Crippen LogP contribution in [0.3, 0.4) is 0 Å². The molecule has 0 aliphatic carbocycles. The lowest BCUT2D eigenvalue weighted by molar-refractivity contribution is -0.146. The van der Waals surface area contributed by atoms with E-state index in [1.807, 2.05) is 38.1 Å². The highest BCUT2D eigenvalue weighted by atomic mass is 32.1. The molecule has 4 heterocycles. The van der Waals surface area contributed by atoms with Crippen LogP contribution in [0.5, 0.6) is 5.75 Å². The van der Waals surface area contributed by atoms with Gasteiger partial charge in [-0.1, -0.05) is 32.0 Å². The van der Waals surface area contributed by atoms with Gasteiger partial charge in [0.15, 0.2) is 0 Å². The number of para-hydroxylation sites is 1. The van der Waals surface area contributed by atoms with Crippen LogP contribution in [0.15, 0.2) is 50.7 Å². The number of oxazole rings is 1. The Morgan fingerprint density at radius 1 is 1.19 bits per heavy atom. The van der Waals surface area contributed by atoms with E-state index in [0.717, 1.165) is 36.2 Å². The lowest BCUT2D eigenvalue weighted by Gasteiger charge is -2.23. The van der Waals surface area contributed by atoms with Gasteiger partial charge in [0, 0.05) is 19.8 Å². The summed E-state index contributed by atoms with van der Waals surface area (Å²) < 4.78 is 18.1. The maximum absolute atomic E-state index is 13.5. The third-order valence-corrected chi connectivity index (χ3v) is 8.21. The number of aliphatic hydroxyl groups is 1. The summed E-state index contributed by atoms with van der Waals surface area (Å²) in [6.45, 7) is 10.1. The van der Waals surface area contributed by atoms with Crippen LogP contribution >= 0.6 is 11.3 Å². The van der Waals surface area contributed by atoms with Gasteiger partial charge >= 0.3 is 11.7 Å². The second kappa shape index (κ2) is 14.4. The minimum Gasteiger partial charge on any atom is -0.496 e. The molecule has 1 aliphatic rings. The average Bonchev–Trinajstić information content (AvgIpc) is 3.63. The summed E-state index contributed by atoms with van der Waals surface area (Å²) in [6.07, 6.45) is 4.92. The molecule has 3 aromatic heterocycles. The van der Waals surface area contributed by atoms with Gasteiger partial charge in [-0.2, -0.15) is 0 Å². The molecule has 0 spiro atoms. The second-order valence-electron chi connectivity index (χ2n) is 9.92. The average molecular weight is 602 g/mol. The first kappa shape index (κ1) is 32.8. The van der Waals surface area contributed by atoms with Crippen LogP contribution in [-0.2, 0) is 28.0 Å². The van der Waals surface area contributed by atoms with Crippen molar-refractivity contribution >= 4 is 27.5 Å². The topological polar surface area (TPSA) is 146 Å². The van der Waals surface area contributed by atoms with E-state index in [-0.39, 0.29) is 18.0 Å². The van der Waals surface area contributed by atoms with Crippen molar-refractivity contribution in [2.24, 2.45) is 0 Å². The fraction of sp³-hybridized carbons (Fsp3) is 0.467. The Labute approximate surface area is 248 Å². The Morgan fingerprint density at radius 3 is 2.40 bits per heavy atom. The molecule has 1 fully saturated rings. The van der Waals surface area contributed by atoms with E-state index in [9.17, 15) is 19.5 Å². The summed E-state index contributed by atoms with van der Waals surface area (Å²) in [5, 5.41) is 18.9. The van der Waals surface area contributed by atoms with Gasteiger partial charge in [-0.3, -0.25) is 9.36 Å². The molecule has 11 nitrogen and oxygen atoms in total. The van der Waals surface area contributed by atoms with Gasteiger partial charge in [0.2, 0.25) is 5.89 Å². The molecule has 0 unspecified atom stereocenters. The molecule has 228 valence electrons. The minimum absolute atomic E-state index is 0.0891. The zero-order valence-corrected chi connectivity index (χ0v) is 25.7. The molecule has 0 bridgehead atoms. The number of ether oxygens (including phenoxy) is 2. The zero-order valence-electron chi connectivity index (χ0n) is 24.9. The second-order valence-corrected chi connectivity index (χ2v) is 10.9. The van der Waals surface area contributed by atoms with Crippen LogP contribution in [0.2, 0.25) is 0 Å². The molecular weight excluding hydrogens is 562 g/mol. The number of benzene rings is 1. The number of carbonyl (C=O) groups is 1. The quantitative estimate of drug-likeness (QED) is 0.314. The number of fused-ring (bicyclic) bond motifs is 1. The van der Waals surface area contributed by atoms with E-state index >= 15 is 0 Å². The van der Waals surface area contributed by atoms with Crippen molar-refractivity contribution in [3.8, 4) is 16.5 Å². The molecule has 12 heteroatoms. The maximum Gasteiger partial charge on any atom is 0.333 e. The number of hydrogen-bond donors (Lipinski definition) is 2. The summed E-state index contributed by atoms with van der Waals surface area (Å²) in [7, 11) is 1.57. The van der Waals surface area contributed by atoms with E-state index in [0.29, 0.717) is 33.3 Å². The predicted octanol–water partition coefficient (Wildman–Crippen LogP) is 4.44. The molecule has 0 amide bonds. The highest BCUT2D eigenvalue weighted by molar-refractivity contribution is 7.22. The monoisotopic (exact) mass is 601 g/mol. The van der Waals surface area contributed by atoms with Crippen molar-refractivity contribution in [3.63, 3.8) is 0 Å². The van der Waals surface area contributed by atoms with Crippen molar-refractivity contribution in [2.45, 2.75) is 72.1 Å². The fourth-order valence-corrected chi connectivity index (χ4v) is 5.76. The van der Waals surface area contributed by atoms with Crippen LogP contribution in [0.1, 0.15) is 51.7 Å². The number of aliphatic carboxylic acids is 1. The van der Waals surface area contributed by atoms with Gasteiger partial charge in [-0.15, -0.1) is 11.3 Å². The van der Waals surface area contributed by atoms with Crippen LogP contribution in [0.4, 0.5) is 0 Å². The molecule has 1 aliphatic heterocycles. The summed E-state index contributed by atoms with van der Waals surface area (Å²) >= 11 is 1.22. The van der Waals surface area contributed by atoms with Gasteiger partial charge in [-0.05, 0) is 57.2 Å². The van der Waals surface area contributed by atoms with Gasteiger partial charge in [0.25, 0.3) is 5.56 Å². The lowest BCUT2D eigenvalue weighted by atomic mass is 10.1. The Balaban J connectivity index is 0.000000465. The Morgan fingerprint density at radius 2 is 1.86 bits per heavy atom. The number of aliphatic hydroxyl groups excluding tert-OH is 1. The number of aryl methyl sites for hydroxylation is 3. The van der Waals surface area contributed by atoms with E-state index in [1.165, 1.54) is 42.2 Å². The van der Waals surface area contributed by atoms with E-state index in [2.05, 4.69) is 4.98 Å². The molecule has 5 rings (SSSR count). The summed E-state index contributed by atoms with van der Waals surface area (Å²) in [4.78, 5) is 44.2. The number of rotatable bonds is 7. The van der Waals surface area contributed by atoms with Crippen molar-refractivity contribution in [1.82, 2.24) is 14.1 Å². The van der Waals surface area contributed by atoms with Gasteiger partial charge in [0.1, 0.15) is 22.4 Å². The van der Waals surface area contributed by atoms with Crippen molar-refractivity contribution in [3.05, 3.63) is 68.7 Å². The number of carboxylic acids is 1. The first-order valence-electron chi connectivity index (χ1n) is 13.9. The van der Waals surface area contributed by atoms with Crippen LogP contribution in [-0.4, -0.2) is 56.7 Å². The van der Waals surface area contributed by atoms with Gasteiger partial charge < -0.3 is 24.1 Å². The number of nitrogens with zero attached hydrogens (tertiary/aromatic N) is 3. The van der Waals surface area contributed by atoms with Crippen LogP contribution < -0.4 is 16.0 Å². The zero-order chi connectivity index (χ0) is 31.0. The number of aromatic nitrogens is 3. The molecule has 42 heavy (non-hydrogen) atoms. The van der Waals surface area contributed by atoms with Gasteiger partial charge in [0.05, 0.1) is 29.7 Å². The van der Waals surface area contributed by atoms with Gasteiger partial charge in [-0.25, -0.2) is 19.1 Å². The number of methoxy groups -OCH3 is 1. The molecule has 0 radical (unpaired) electrons. The van der Waals surface area contributed by atoms with Crippen molar-refractivity contribution in [1.29, 1.82) is 0 Å².